The van der Waals surface area contributed by atoms with Gasteiger partial charge in [-0.15, -0.1) is 0 Å². The zero-order valence-electron chi connectivity index (χ0n) is 12.1. The lowest BCUT2D eigenvalue weighted by atomic mass is 10.2. The molecule has 1 saturated carbocycles. The van der Waals surface area contributed by atoms with Crippen molar-refractivity contribution in [1.29, 1.82) is 0 Å². The lowest BCUT2D eigenvalue weighted by Crippen LogP contribution is -2.31. The quantitative estimate of drug-likeness (QED) is 0.339. The molecule has 1 aliphatic rings. The lowest BCUT2D eigenvalue weighted by molar-refractivity contribution is 0.294. The number of benzene rings is 1. The van der Waals surface area contributed by atoms with Crippen molar-refractivity contribution in [3.63, 3.8) is 0 Å². The third kappa shape index (κ3) is 3.95. The van der Waals surface area contributed by atoms with Crippen LogP contribution in [0, 0.1) is 0 Å². The maximum absolute atomic E-state index is 12.4. The average molecular weight is 311 g/mol. The summed E-state index contributed by atoms with van der Waals surface area (Å²) in [6.07, 6.45) is 2.32. The third-order valence-corrected chi connectivity index (χ3v) is 5.41. The minimum absolute atomic E-state index is 0.0803. The molecular formula is C14H21N3O3S. The Morgan fingerprint density at radius 1 is 1.48 bits per heavy atom. The zero-order chi connectivity index (χ0) is 15.5. The summed E-state index contributed by atoms with van der Waals surface area (Å²) in [6.45, 7) is 3.45. The maximum Gasteiger partial charge on any atom is 0.179 e. The van der Waals surface area contributed by atoms with Crippen molar-refractivity contribution in [3.8, 4) is 0 Å². The molecule has 0 aromatic heterocycles. The largest absolute Gasteiger partial charge is 0.409 e. The van der Waals surface area contributed by atoms with Crippen molar-refractivity contribution in [2.24, 2.45) is 10.9 Å². The normalized spacial score (nSPS) is 16.4. The van der Waals surface area contributed by atoms with Crippen LogP contribution >= 0.6 is 0 Å². The second-order valence-corrected chi connectivity index (χ2v) is 7.30. The highest BCUT2D eigenvalue weighted by Crippen LogP contribution is 2.26. The van der Waals surface area contributed by atoms with E-state index in [4.69, 9.17) is 10.9 Å². The molecule has 0 spiro atoms. The molecule has 21 heavy (non-hydrogen) atoms. The van der Waals surface area contributed by atoms with Crippen molar-refractivity contribution >= 4 is 15.7 Å². The first-order valence-electron chi connectivity index (χ1n) is 7.02. The van der Waals surface area contributed by atoms with Crippen molar-refractivity contribution in [2.45, 2.75) is 30.7 Å². The zero-order valence-corrected chi connectivity index (χ0v) is 12.9. The molecule has 0 amide bonds. The number of oxime groups is 1. The topological polar surface area (TPSA) is 96.0 Å². The Hall–Kier alpha value is -1.60. The smallest absolute Gasteiger partial charge is 0.179 e. The highest BCUT2D eigenvalue weighted by molar-refractivity contribution is 7.91. The van der Waals surface area contributed by atoms with Gasteiger partial charge in [-0.25, -0.2) is 8.42 Å². The van der Waals surface area contributed by atoms with Crippen molar-refractivity contribution in [3.05, 3.63) is 29.8 Å². The number of hydrogen-bond donors (Lipinski definition) is 2. The van der Waals surface area contributed by atoms with Gasteiger partial charge in [0.15, 0.2) is 15.7 Å². The van der Waals surface area contributed by atoms with E-state index in [0.717, 1.165) is 19.4 Å². The summed E-state index contributed by atoms with van der Waals surface area (Å²) >= 11 is 0. The molecular weight excluding hydrogens is 290 g/mol. The first-order chi connectivity index (χ1) is 9.97. The fourth-order valence-electron chi connectivity index (χ4n) is 2.30. The fraction of sp³-hybridized carbons (Fsp3) is 0.500. The van der Waals surface area contributed by atoms with Crippen LogP contribution in [0.2, 0.25) is 0 Å². The molecule has 1 fully saturated rings. The molecule has 0 atom stereocenters. The SMILES string of the molecule is CCN(CCS(=O)(=O)c1cccc(/C(N)=N/O)c1)C1CC1. The van der Waals surface area contributed by atoms with Crippen LogP contribution in [0.5, 0.6) is 0 Å². The van der Waals surface area contributed by atoms with E-state index < -0.39 is 9.84 Å². The van der Waals surface area contributed by atoms with E-state index in [1.54, 1.807) is 12.1 Å². The van der Waals surface area contributed by atoms with Gasteiger partial charge in [0.25, 0.3) is 0 Å². The maximum atomic E-state index is 12.4. The van der Waals surface area contributed by atoms with Gasteiger partial charge >= 0.3 is 0 Å². The summed E-state index contributed by atoms with van der Waals surface area (Å²) < 4.78 is 24.8. The van der Waals surface area contributed by atoms with E-state index in [9.17, 15) is 8.42 Å². The Kier molecular flexibility index (Phi) is 4.84. The summed E-state index contributed by atoms with van der Waals surface area (Å²) in [5.41, 5.74) is 5.89. The molecule has 7 heteroatoms. The van der Waals surface area contributed by atoms with E-state index >= 15 is 0 Å². The minimum Gasteiger partial charge on any atom is -0.409 e. The van der Waals surface area contributed by atoms with Gasteiger partial charge in [0.2, 0.25) is 0 Å². The van der Waals surface area contributed by atoms with Crippen LogP contribution in [-0.4, -0.2) is 49.2 Å². The fourth-order valence-corrected chi connectivity index (χ4v) is 3.60. The molecule has 0 radical (unpaired) electrons. The summed E-state index contributed by atoms with van der Waals surface area (Å²) in [5, 5.41) is 11.6. The molecule has 0 bridgehead atoms. The van der Waals surface area contributed by atoms with Gasteiger partial charge in [0.1, 0.15) is 0 Å². The molecule has 1 aromatic rings. The van der Waals surface area contributed by atoms with Gasteiger partial charge in [-0.1, -0.05) is 24.2 Å². The number of nitrogens with zero attached hydrogens (tertiary/aromatic N) is 2. The van der Waals surface area contributed by atoms with Crippen LogP contribution in [0.25, 0.3) is 0 Å². The van der Waals surface area contributed by atoms with Gasteiger partial charge in [-0.05, 0) is 31.5 Å². The predicted molar refractivity (Wildman–Crippen MR) is 81.3 cm³/mol. The highest BCUT2D eigenvalue weighted by atomic mass is 32.2. The minimum atomic E-state index is -3.37. The van der Waals surface area contributed by atoms with Crippen LogP contribution in [0.3, 0.4) is 0 Å². The molecule has 2 rings (SSSR count). The number of rotatable bonds is 7. The Morgan fingerprint density at radius 2 is 2.19 bits per heavy atom. The van der Waals surface area contributed by atoms with Crippen molar-refractivity contribution in [2.75, 3.05) is 18.8 Å². The molecule has 1 aromatic carbocycles. The molecule has 0 saturated heterocycles. The summed E-state index contributed by atoms with van der Waals surface area (Å²) in [5.74, 6) is -0.0167. The van der Waals surface area contributed by atoms with E-state index in [0.29, 0.717) is 18.2 Å². The monoisotopic (exact) mass is 311 g/mol. The molecule has 116 valence electrons. The number of amidine groups is 1. The van der Waals surface area contributed by atoms with E-state index in [1.165, 1.54) is 12.1 Å². The molecule has 0 unspecified atom stereocenters. The Balaban J connectivity index is 2.11. The van der Waals surface area contributed by atoms with E-state index in [2.05, 4.69) is 10.1 Å². The van der Waals surface area contributed by atoms with Gasteiger partial charge in [-0.3, -0.25) is 4.90 Å². The van der Waals surface area contributed by atoms with Gasteiger partial charge in [0.05, 0.1) is 10.6 Å². The predicted octanol–water partition coefficient (Wildman–Crippen LogP) is 1.04. The summed E-state index contributed by atoms with van der Waals surface area (Å²) in [4.78, 5) is 2.41. The van der Waals surface area contributed by atoms with Crippen LogP contribution < -0.4 is 5.73 Å². The van der Waals surface area contributed by atoms with Gasteiger partial charge in [-0.2, -0.15) is 0 Å². The summed E-state index contributed by atoms with van der Waals surface area (Å²) in [6, 6.07) is 6.73. The third-order valence-electron chi connectivity index (χ3n) is 3.71. The molecule has 1 aliphatic carbocycles. The van der Waals surface area contributed by atoms with Crippen LogP contribution in [0.15, 0.2) is 34.3 Å². The van der Waals surface area contributed by atoms with E-state index in [-0.39, 0.29) is 16.5 Å². The van der Waals surface area contributed by atoms with E-state index in [1.807, 2.05) is 6.92 Å². The Morgan fingerprint density at radius 3 is 2.76 bits per heavy atom. The highest BCUT2D eigenvalue weighted by Gasteiger charge is 2.28. The molecule has 6 nitrogen and oxygen atoms in total. The van der Waals surface area contributed by atoms with Crippen LogP contribution in [-0.2, 0) is 9.84 Å². The van der Waals surface area contributed by atoms with Crippen LogP contribution in [0.4, 0.5) is 0 Å². The molecule has 0 aliphatic heterocycles. The Bertz CT molecular complexity index is 624. The second-order valence-electron chi connectivity index (χ2n) is 5.19. The Labute approximate surface area is 125 Å². The average Bonchev–Trinajstić information content (AvgIpc) is 3.32. The standard InChI is InChI=1S/C14H21N3O3S/c1-2-17(12-6-7-12)8-9-21(19,20)13-5-3-4-11(10-13)14(15)16-18/h3-5,10,12,18H,2,6-9H2,1H3,(H2,15,16). The molecule has 3 N–H and O–H groups in total. The number of hydrogen-bond acceptors (Lipinski definition) is 5. The van der Waals surface area contributed by atoms with Crippen LogP contribution in [0.1, 0.15) is 25.3 Å². The van der Waals surface area contributed by atoms with Crippen molar-refractivity contribution < 1.29 is 13.6 Å². The first kappa shape index (κ1) is 15.8. The number of nitrogens with two attached hydrogens (primary N) is 1. The van der Waals surface area contributed by atoms with Gasteiger partial charge in [0, 0.05) is 18.2 Å². The van der Waals surface area contributed by atoms with Crippen molar-refractivity contribution in [1.82, 2.24) is 4.90 Å². The first-order valence-corrected chi connectivity index (χ1v) is 8.68. The summed E-state index contributed by atoms with van der Waals surface area (Å²) in [7, 11) is -3.37. The molecule has 0 heterocycles. The number of sulfone groups is 1. The lowest BCUT2D eigenvalue weighted by Gasteiger charge is -2.19. The second kappa shape index (κ2) is 6.44. The van der Waals surface area contributed by atoms with Gasteiger partial charge < -0.3 is 10.9 Å².